The summed E-state index contributed by atoms with van der Waals surface area (Å²) in [7, 11) is 0. The second-order valence-corrected chi connectivity index (χ2v) is 7.44. The molecule has 2 N–H and O–H groups in total. The number of para-hydroxylation sites is 2. The summed E-state index contributed by atoms with van der Waals surface area (Å²) in [6.45, 7) is 2.07. The second-order valence-electron chi connectivity index (χ2n) is 7.44. The molecule has 2 amide bonds. The molecule has 0 aliphatic carbocycles. The Labute approximate surface area is 175 Å². The largest absolute Gasteiger partial charge is 0.508 e. The topological polar surface area (TPSA) is 79.6 Å². The molecule has 30 heavy (non-hydrogen) atoms. The van der Waals surface area contributed by atoms with Crippen LogP contribution < -0.4 is 5.32 Å². The zero-order valence-corrected chi connectivity index (χ0v) is 16.8. The number of benzene rings is 2. The number of ether oxygens (including phenoxy) is 1. The van der Waals surface area contributed by atoms with Crippen molar-refractivity contribution in [2.75, 3.05) is 18.5 Å². The van der Waals surface area contributed by atoms with E-state index in [1.165, 1.54) is 0 Å². The van der Waals surface area contributed by atoms with E-state index in [-0.39, 0.29) is 17.9 Å². The van der Waals surface area contributed by atoms with Crippen LogP contribution in [0.2, 0.25) is 0 Å². The molecular weight excluding hydrogens is 380 g/mol. The van der Waals surface area contributed by atoms with Crippen LogP contribution in [0.4, 0.5) is 10.5 Å². The van der Waals surface area contributed by atoms with Crippen LogP contribution in [-0.4, -0.2) is 45.1 Å². The summed E-state index contributed by atoms with van der Waals surface area (Å²) in [5.41, 5.74) is 2.41. The summed E-state index contributed by atoms with van der Waals surface area (Å²) in [4.78, 5) is 14.9. The molecule has 3 aromatic rings. The Balaban J connectivity index is 1.52. The predicted molar refractivity (Wildman–Crippen MR) is 114 cm³/mol. The summed E-state index contributed by atoms with van der Waals surface area (Å²) in [5, 5.41) is 17.5. The molecule has 2 heterocycles. The number of urea groups is 1. The molecule has 0 saturated carbocycles. The maximum atomic E-state index is 13.2. The average Bonchev–Trinajstić information content (AvgIpc) is 3.45. The first-order valence-electron chi connectivity index (χ1n) is 10.2. The summed E-state index contributed by atoms with van der Waals surface area (Å²) < 4.78 is 7.57. The molecule has 2 aromatic carbocycles. The number of anilines is 1. The fraction of sp³-hybridized carbons (Fsp3) is 0.304. The third-order valence-electron chi connectivity index (χ3n) is 5.24. The Kier molecular flexibility index (Phi) is 6.29. The van der Waals surface area contributed by atoms with E-state index in [0.717, 1.165) is 30.7 Å². The van der Waals surface area contributed by atoms with Crippen molar-refractivity contribution in [2.45, 2.75) is 32.0 Å². The number of nitrogens with zero attached hydrogens (tertiary/aromatic N) is 3. The fourth-order valence-corrected chi connectivity index (χ4v) is 3.65. The van der Waals surface area contributed by atoms with Crippen LogP contribution >= 0.6 is 0 Å². The van der Waals surface area contributed by atoms with Crippen LogP contribution in [0.25, 0.3) is 0 Å². The zero-order chi connectivity index (χ0) is 20.8. The highest BCUT2D eigenvalue weighted by Gasteiger charge is 2.24. The highest BCUT2D eigenvalue weighted by molar-refractivity contribution is 5.90. The molecule has 4 rings (SSSR count). The molecule has 1 saturated heterocycles. The zero-order valence-electron chi connectivity index (χ0n) is 16.8. The van der Waals surface area contributed by atoms with Gasteiger partial charge in [0.2, 0.25) is 0 Å². The number of rotatable bonds is 7. The molecular formula is C23H26N4O3. The standard InChI is InChI=1S/C23H26N4O3/c28-22-11-4-2-8-19(22)15-26(17-20-9-5-14-30-20)23(29)25-21-10-3-1-7-18(21)16-27-13-6-12-24-27/h1-4,6-8,10-13,20,28H,5,9,14-17H2,(H,25,29). The molecule has 1 aromatic heterocycles. The molecule has 156 valence electrons. The fourth-order valence-electron chi connectivity index (χ4n) is 3.65. The van der Waals surface area contributed by atoms with Gasteiger partial charge in [-0.2, -0.15) is 5.10 Å². The van der Waals surface area contributed by atoms with Gasteiger partial charge in [0.1, 0.15) is 5.75 Å². The van der Waals surface area contributed by atoms with Crippen molar-refractivity contribution in [3.8, 4) is 5.75 Å². The first-order valence-corrected chi connectivity index (χ1v) is 10.2. The molecule has 7 heteroatoms. The van der Waals surface area contributed by atoms with Crippen LogP contribution in [-0.2, 0) is 17.8 Å². The molecule has 1 unspecified atom stereocenters. The number of aromatic hydroxyl groups is 1. The van der Waals surface area contributed by atoms with Crippen molar-refractivity contribution in [3.63, 3.8) is 0 Å². The summed E-state index contributed by atoms with van der Waals surface area (Å²) >= 11 is 0. The number of phenolic OH excluding ortho intramolecular Hbond substituents is 1. The van der Waals surface area contributed by atoms with Crippen LogP contribution in [0.3, 0.4) is 0 Å². The van der Waals surface area contributed by atoms with E-state index >= 15 is 0 Å². The highest BCUT2D eigenvalue weighted by Crippen LogP contribution is 2.22. The lowest BCUT2D eigenvalue weighted by Gasteiger charge is -2.26. The number of carbonyl (C=O) groups excluding carboxylic acids is 1. The number of nitrogens with one attached hydrogen (secondary N) is 1. The highest BCUT2D eigenvalue weighted by atomic mass is 16.5. The number of carbonyl (C=O) groups is 1. The van der Waals surface area contributed by atoms with Crippen molar-refractivity contribution in [3.05, 3.63) is 78.1 Å². The van der Waals surface area contributed by atoms with E-state index in [2.05, 4.69) is 10.4 Å². The number of aromatic nitrogens is 2. The van der Waals surface area contributed by atoms with Gasteiger partial charge < -0.3 is 20.1 Å². The van der Waals surface area contributed by atoms with E-state index in [0.29, 0.717) is 25.2 Å². The minimum Gasteiger partial charge on any atom is -0.508 e. The monoisotopic (exact) mass is 406 g/mol. The number of hydrogen-bond donors (Lipinski definition) is 2. The quantitative estimate of drug-likeness (QED) is 0.625. The maximum absolute atomic E-state index is 13.2. The van der Waals surface area contributed by atoms with Gasteiger partial charge in [-0.25, -0.2) is 4.79 Å². The normalized spacial score (nSPS) is 15.8. The van der Waals surface area contributed by atoms with Gasteiger partial charge in [-0.15, -0.1) is 0 Å². The van der Waals surface area contributed by atoms with Crippen molar-refractivity contribution in [2.24, 2.45) is 0 Å². The van der Waals surface area contributed by atoms with Gasteiger partial charge in [0.05, 0.1) is 19.2 Å². The Morgan fingerprint density at radius 2 is 1.97 bits per heavy atom. The van der Waals surface area contributed by atoms with Gasteiger partial charge in [-0.1, -0.05) is 36.4 Å². The molecule has 0 radical (unpaired) electrons. The van der Waals surface area contributed by atoms with E-state index in [1.54, 1.807) is 23.2 Å². The van der Waals surface area contributed by atoms with Gasteiger partial charge in [0.15, 0.2) is 0 Å². The maximum Gasteiger partial charge on any atom is 0.322 e. The van der Waals surface area contributed by atoms with Crippen molar-refractivity contribution < 1.29 is 14.6 Å². The second kappa shape index (κ2) is 9.45. The third-order valence-corrected chi connectivity index (χ3v) is 5.24. The van der Waals surface area contributed by atoms with E-state index < -0.39 is 0 Å². The Hall–Kier alpha value is -3.32. The lowest BCUT2D eigenvalue weighted by atomic mass is 10.1. The number of hydrogen-bond acceptors (Lipinski definition) is 4. The Morgan fingerprint density at radius 3 is 2.70 bits per heavy atom. The van der Waals surface area contributed by atoms with E-state index in [1.807, 2.05) is 53.3 Å². The number of phenols is 1. The average molecular weight is 406 g/mol. The lowest BCUT2D eigenvalue weighted by Crippen LogP contribution is -2.39. The first-order chi connectivity index (χ1) is 14.7. The van der Waals surface area contributed by atoms with Crippen molar-refractivity contribution in [1.82, 2.24) is 14.7 Å². The SMILES string of the molecule is O=C(Nc1ccccc1Cn1cccn1)N(Cc1ccccc1O)CC1CCCO1. The minimum absolute atomic E-state index is 0.0147. The van der Waals surface area contributed by atoms with Crippen molar-refractivity contribution >= 4 is 11.7 Å². The van der Waals surface area contributed by atoms with E-state index in [4.69, 9.17) is 4.74 Å². The molecule has 1 fully saturated rings. The molecule has 0 bridgehead atoms. The van der Waals surface area contributed by atoms with Gasteiger partial charge in [0.25, 0.3) is 0 Å². The minimum atomic E-state index is -0.221. The van der Waals surface area contributed by atoms with Crippen LogP contribution in [0, 0.1) is 0 Å². The third kappa shape index (κ3) is 4.99. The van der Waals surface area contributed by atoms with Gasteiger partial charge >= 0.3 is 6.03 Å². The summed E-state index contributed by atoms with van der Waals surface area (Å²) in [5.74, 6) is 0.182. The smallest absolute Gasteiger partial charge is 0.322 e. The lowest BCUT2D eigenvalue weighted by molar-refractivity contribution is 0.0817. The van der Waals surface area contributed by atoms with Gasteiger partial charge in [-0.05, 0) is 36.6 Å². The summed E-state index contributed by atoms with van der Waals surface area (Å²) in [6.07, 6.45) is 5.57. The van der Waals surface area contributed by atoms with Gasteiger partial charge in [0, 0.05) is 36.8 Å². The number of amides is 2. The van der Waals surface area contributed by atoms with Crippen LogP contribution in [0.1, 0.15) is 24.0 Å². The first kappa shape index (κ1) is 20.0. The van der Waals surface area contributed by atoms with Crippen LogP contribution in [0.15, 0.2) is 67.0 Å². The van der Waals surface area contributed by atoms with Crippen LogP contribution in [0.5, 0.6) is 5.75 Å². The molecule has 0 spiro atoms. The van der Waals surface area contributed by atoms with E-state index in [9.17, 15) is 9.90 Å². The molecule has 1 aliphatic heterocycles. The molecule has 1 atom stereocenters. The molecule has 7 nitrogen and oxygen atoms in total. The summed E-state index contributed by atoms with van der Waals surface area (Å²) in [6, 6.07) is 16.5. The Bertz CT molecular complexity index is 968. The van der Waals surface area contributed by atoms with Crippen molar-refractivity contribution in [1.29, 1.82) is 0 Å². The molecule has 1 aliphatic rings. The van der Waals surface area contributed by atoms with Gasteiger partial charge in [-0.3, -0.25) is 4.68 Å². The Morgan fingerprint density at radius 1 is 1.17 bits per heavy atom. The predicted octanol–water partition coefficient (Wildman–Crippen LogP) is 3.85.